The number of benzene rings is 2. The Morgan fingerprint density at radius 2 is 1.81 bits per heavy atom. The van der Waals surface area contributed by atoms with Crippen molar-refractivity contribution in [3.8, 4) is 0 Å². The molecule has 1 N–H and O–H groups in total. The van der Waals surface area contributed by atoms with Crippen molar-refractivity contribution < 1.29 is 26.7 Å². The lowest BCUT2D eigenvalue weighted by atomic mass is 10.1. The van der Waals surface area contributed by atoms with Crippen LogP contribution in [0, 0.1) is 11.6 Å². The van der Waals surface area contributed by atoms with E-state index >= 15 is 0 Å². The van der Waals surface area contributed by atoms with Gasteiger partial charge in [0.05, 0.1) is 12.1 Å². The number of aliphatic imine (C=N–C) groups is 1. The zero-order chi connectivity index (χ0) is 23.9. The Hall–Kier alpha value is -3.49. The summed E-state index contributed by atoms with van der Waals surface area (Å²) >= 11 is 0. The summed E-state index contributed by atoms with van der Waals surface area (Å²) in [5.74, 6) is -4.34. The summed E-state index contributed by atoms with van der Waals surface area (Å²) in [6, 6.07) is 8.67. The lowest BCUT2D eigenvalue weighted by Crippen LogP contribution is -2.37. The minimum absolute atomic E-state index is 0.0946. The summed E-state index contributed by atoms with van der Waals surface area (Å²) in [4.78, 5) is 16.6. The number of amides is 1. The molecule has 1 amide bonds. The molecule has 0 saturated heterocycles. The molecule has 170 valence electrons. The number of carbonyl (C=O) groups is 1. The molecule has 0 aromatic heterocycles. The van der Waals surface area contributed by atoms with Crippen molar-refractivity contribution in [2.45, 2.75) is 26.4 Å². The van der Waals surface area contributed by atoms with Crippen LogP contribution >= 0.6 is 0 Å². The first-order valence-electron chi connectivity index (χ1n) is 9.67. The molecular weight excluding hydrogens is 429 g/mol. The molecule has 1 aliphatic heterocycles. The fourth-order valence-corrected chi connectivity index (χ4v) is 2.73. The highest BCUT2D eigenvalue weighted by molar-refractivity contribution is 6.07. The molecule has 32 heavy (non-hydrogen) atoms. The third-order valence-corrected chi connectivity index (χ3v) is 4.34. The van der Waals surface area contributed by atoms with Gasteiger partial charge in [0.25, 0.3) is 5.91 Å². The number of alkyl halides is 3. The number of carbonyl (C=O) groups excluding carboxylic acids is 1. The van der Waals surface area contributed by atoms with E-state index in [1.807, 2.05) is 6.08 Å². The van der Waals surface area contributed by atoms with Crippen molar-refractivity contribution in [2.24, 2.45) is 4.99 Å². The largest absolute Gasteiger partial charge is 0.449 e. The molecule has 0 spiro atoms. The Morgan fingerprint density at radius 3 is 2.34 bits per heavy atom. The van der Waals surface area contributed by atoms with Crippen LogP contribution in [-0.4, -0.2) is 24.5 Å². The fraction of sp³-hybridized carbons (Fsp3) is 0.217. The molecular formula is C23H22F5N3O. The molecule has 0 unspecified atom stereocenters. The van der Waals surface area contributed by atoms with E-state index in [0.717, 1.165) is 23.5 Å². The van der Waals surface area contributed by atoms with Crippen LogP contribution in [0.2, 0.25) is 0 Å². The van der Waals surface area contributed by atoms with Crippen molar-refractivity contribution in [2.75, 3.05) is 16.8 Å². The summed E-state index contributed by atoms with van der Waals surface area (Å²) in [6.45, 7) is 7.06. The number of rotatable bonds is 4. The molecule has 3 rings (SSSR count). The molecule has 1 heterocycles. The van der Waals surface area contributed by atoms with Crippen LogP contribution in [0.4, 0.5) is 33.3 Å². The summed E-state index contributed by atoms with van der Waals surface area (Å²) in [6.07, 6.45) is -0.128. The van der Waals surface area contributed by atoms with Crippen molar-refractivity contribution in [1.82, 2.24) is 0 Å². The first-order valence-corrected chi connectivity index (χ1v) is 9.67. The normalized spacial score (nSPS) is 14.5. The van der Waals surface area contributed by atoms with Gasteiger partial charge in [-0.15, -0.1) is 6.58 Å². The maximum atomic E-state index is 13.7. The van der Waals surface area contributed by atoms with E-state index in [2.05, 4.69) is 23.8 Å². The molecule has 1 aliphatic rings. The van der Waals surface area contributed by atoms with Gasteiger partial charge in [-0.1, -0.05) is 25.1 Å². The highest BCUT2D eigenvalue weighted by Crippen LogP contribution is 2.32. The van der Waals surface area contributed by atoms with E-state index in [9.17, 15) is 26.7 Å². The van der Waals surface area contributed by atoms with Crippen molar-refractivity contribution in [3.63, 3.8) is 0 Å². The van der Waals surface area contributed by atoms with Gasteiger partial charge in [-0.05, 0) is 49.7 Å². The van der Waals surface area contributed by atoms with E-state index in [0.29, 0.717) is 5.70 Å². The van der Waals surface area contributed by atoms with Crippen molar-refractivity contribution >= 4 is 23.1 Å². The van der Waals surface area contributed by atoms with Crippen LogP contribution in [0.3, 0.4) is 0 Å². The van der Waals surface area contributed by atoms with Crippen LogP contribution in [0.25, 0.3) is 0 Å². The Kier molecular flexibility index (Phi) is 8.28. The van der Waals surface area contributed by atoms with E-state index in [1.54, 1.807) is 6.92 Å². The van der Waals surface area contributed by atoms with Gasteiger partial charge >= 0.3 is 6.18 Å². The molecule has 0 bridgehead atoms. The first kappa shape index (κ1) is 24.8. The molecule has 0 radical (unpaired) electrons. The Balaban J connectivity index is 0.000000837. The Bertz CT molecular complexity index is 1030. The second-order valence-corrected chi connectivity index (χ2v) is 6.55. The number of amidine groups is 1. The Morgan fingerprint density at radius 1 is 1.19 bits per heavy atom. The second-order valence-electron chi connectivity index (χ2n) is 6.55. The number of nitrogens with zero attached hydrogens (tertiary/aromatic N) is 2. The van der Waals surface area contributed by atoms with Crippen LogP contribution in [0.1, 0.15) is 30.6 Å². The minimum Gasteiger partial charge on any atom is -0.322 e. The predicted molar refractivity (Wildman–Crippen MR) is 116 cm³/mol. The monoisotopic (exact) mass is 451 g/mol. The average Bonchev–Trinajstić information content (AvgIpc) is 3.21. The van der Waals surface area contributed by atoms with E-state index in [-0.39, 0.29) is 17.9 Å². The zero-order valence-corrected chi connectivity index (χ0v) is 17.5. The van der Waals surface area contributed by atoms with Gasteiger partial charge in [0.1, 0.15) is 0 Å². The number of halogens is 5. The maximum Gasteiger partial charge on any atom is 0.449 e. The lowest BCUT2D eigenvalue weighted by molar-refractivity contribution is -0.0595. The highest BCUT2D eigenvalue weighted by Gasteiger charge is 2.44. The standard InChI is InChI=1S/C19H14F5N3O.C4H8/c1-2-12-10-25-18(19(22,23)24)27(12)13-8-6-11(7-9-13)26-17(28)14-4-3-5-15(20)16(14)21;1-3-4-2/h2-9H,10H2,1H3,(H,26,28);3H,1,4H2,2H3/b12-2+;. The third kappa shape index (κ3) is 5.81. The first-order chi connectivity index (χ1) is 15.1. The van der Waals surface area contributed by atoms with Crippen LogP contribution in [0.15, 0.2) is 71.9 Å². The van der Waals surface area contributed by atoms with Crippen LogP contribution < -0.4 is 10.2 Å². The number of hydrogen-bond donors (Lipinski definition) is 1. The molecule has 0 aliphatic carbocycles. The van der Waals surface area contributed by atoms with Crippen LogP contribution in [0.5, 0.6) is 0 Å². The quantitative estimate of drug-likeness (QED) is 0.427. The lowest BCUT2D eigenvalue weighted by Gasteiger charge is -2.23. The topological polar surface area (TPSA) is 44.7 Å². The molecule has 0 saturated carbocycles. The van der Waals surface area contributed by atoms with Gasteiger partial charge in [-0.25, -0.2) is 8.78 Å². The van der Waals surface area contributed by atoms with Crippen molar-refractivity contribution in [1.29, 1.82) is 0 Å². The highest BCUT2D eigenvalue weighted by atomic mass is 19.4. The molecule has 4 nitrogen and oxygen atoms in total. The molecule has 9 heteroatoms. The summed E-state index contributed by atoms with van der Waals surface area (Å²) in [5, 5.41) is 2.38. The number of allylic oxidation sites excluding steroid dienone is 2. The predicted octanol–water partition coefficient (Wildman–Crippen LogP) is 6.48. The van der Waals surface area contributed by atoms with Gasteiger partial charge in [-0.3, -0.25) is 14.7 Å². The van der Waals surface area contributed by atoms with E-state index < -0.39 is 35.1 Å². The van der Waals surface area contributed by atoms with Gasteiger partial charge in [0.2, 0.25) is 5.84 Å². The number of hydrogen-bond acceptors (Lipinski definition) is 3. The smallest absolute Gasteiger partial charge is 0.322 e. The maximum absolute atomic E-state index is 13.7. The third-order valence-electron chi connectivity index (χ3n) is 4.34. The fourth-order valence-electron chi connectivity index (χ4n) is 2.73. The summed E-state index contributed by atoms with van der Waals surface area (Å²) in [7, 11) is 0. The average molecular weight is 451 g/mol. The van der Waals surface area contributed by atoms with Gasteiger partial charge in [0, 0.05) is 17.1 Å². The van der Waals surface area contributed by atoms with Gasteiger partial charge in [0.15, 0.2) is 11.6 Å². The van der Waals surface area contributed by atoms with Gasteiger partial charge < -0.3 is 5.32 Å². The second kappa shape index (κ2) is 10.7. The molecule has 2 aromatic carbocycles. The van der Waals surface area contributed by atoms with Crippen LogP contribution in [-0.2, 0) is 0 Å². The molecule has 2 aromatic rings. The van der Waals surface area contributed by atoms with Crippen molar-refractivity contribution in [3.05, 3.63) is 84.1 Å². The molecule has 0 atom stereocenters. The summed E-state index contributed by atoms with van der Waals surface area (Å²) in [5.41, 5.74) is 0.304. The summed E-state index contributed by atoms with van der Waals surface area (Å²) < 4.78 is 66.5. The SMILES string of the molecule is C/C=C1\CN=C(C(F)(F)F)N1c1ccc(NC(=O)c2cccc(F)c2F)cc1.C=CCC. The van der Waals surface area contributed by atoms with E-state index in [4.69, 9.17) is 0 Å². The Labute approximate surface area is 182 Å². The zero-order valence-electron chi connectivity index (χ0n) is 17.5. The molecule has 0 fully saturated rings. The van der Waals surface area contributed by atoms with E-state index in [1.165, 1.54) is 36.4 Å². The van der Waals surface area contributed by atoms with Gasteiger partial charge in [-0.2, -0.15) is 13.2 Å². The number of anilines is 2. The minimum atomic E-state index is -4.62. The number of nitrogens with one attached hydrogen (secondary N) is 1.